The summed E-state index contributed by atoms with van der Waals surface area (Å²) >= 11 is 9.02. The van der Waals surface area contributed by atoms with Crippen LogP contribution in [-0.2, 0) is 36.5 Å². The van der Waals surface area contributed by atoms with Gasteiger partial charge in [0.15, 0.2) is 0 Å². The summed E-state index contributed by atoms with van der Waals surface area (Å²) in [6.07, 6.45) is 14.6. The average Bonchev–Trinajstić information content (AvgIpc) is 3.82. The summed E-state index contributed by atoms with van der Waals surface area (Å²) < 4.78 is 8.67. The maximum Gasteiger partial charge on any atom is -0.147 e. The third-order valence-corrected chi connectivity index (χ3v) is 24.2. The molecule has 0 radical (unpaired) electrons. The van der Waals surface area contributed by atoms with Gasteiger partial charge >= 0.3 is 321 Å². The van der Waals surface area contributed by atoms with E-state index in [9.17, 15) is 0 Å². The van der Waals surface area contributed by atoms with Crippen LogP contribution in [0, 0.1) is 11.3 Å². The predicted molar refractivity (Wildman–Crippen MR) is 235 cm³/mol. The monoisotopic (exact) mass is 856 g/mol. The molecule has 8 rings (SSSR count). The van der Waals surface area contributed by atoms with Gasteiger partial charge in [-0.15, -0.1) is 24.8 Å². The summed E-state index contributed by atoms with van der Waals surface area (Å²) in [6, 6.07) is 27.1. The van der Waals surface area contributed by atoms with Crippen LogP contribution in [0.15, 0.2) is 103 Å². The number of benzene rings is 4. The van der Waals surface area contributed by atoms with Crippen LogP contribution in [0.2, 0.25) is 10.0 Å². The molecule has 1 atom stereocenters. The van der Waals surface area contributed by atoms with Crippen molar-refractivity contribution >= 4 is 67.6 Å². The van der Waals surface area contributed by atoms with Crippen molar-refractivity contribution in [1.29, 1.82) is 0 Å². The van der Waals surface area contributed by atoms with E-state index < -0.39 is 19.3 Å². The molecule has 0 bridgehead atoms. The molecular formula is C48H50Cl4Zr. The molecule has 0 amide bonds. The Bertz CT molecular complexity index is 2320. The number of hydrogen-bond acceptors (Lipinski definition) is 0. The second-order valence-corrected chi connectivity index (χ2v) is 26.7. The fourth-order valence-electron chi connectivity index (χ4n) is 9.21. The minimum Gasteiger partial charge on any atom is -0.147 e. The molecule has 0 aliphatic heterocycles. The van der Waals surface area contributed by atoms with E-state index in [0.29, 0.717) is 5.92 Å². The van der Waals surface area contributed by atoms with Crippen LogP contribution in [-0.4, -0.2) is 7.42 Å². The predicted octanol–water partition coefficient (Wildman–Crippen LogP) is 14.1. The molecule has 53 heavy (non-hydrogen) atoms. The van der Waals surface area contributed by atoms with E-state index in [-0.39, 0.29) is 41.1 Å². The molecule has 0 heterocycles. The smallest absolute Gasteiger partial charge is 0.147 e. The number of allylic oxidation sites excluding steroid dienone is 6. The van der Waals surface area contributed by atoms with Crippen LogP contribution < -0.4 is 0 Å². The van der Waals surface area contributed by atoms with Crippen LogP contribution in [0.5, 0.6) is 0 Å². The van der Waals surface area contributed by atoms with Gasteiger partial charge in [-0.25, -0.2) is 0 Å². The van der Waals surface area contributed by atoms with E-state index in [1.807, 2.05) is 24.3 Å². The van der Waals surface area contributed by atoms with Crippen molar-refractivity contribution in [2.45, 2.75) is 79.1 Å². The number of hydrogen-bond donors (Lipinski definition) is 0. The van der Waals surface area contributed by atoms with Gasteiger partial charge in [0.05, 0.1) is 0 Å². The zero-order valence-corrected chi connectivity index (χ0v) is 37.6. The molecule has 4 aromatic carbocycles. The molecule has 0 aromatic heterocycles. The largest absolute Gasteiger partial charge is 0.147 e. The second-order valence-electron chi connectivity index (χ2n) is 17.4. The van der Waals surface area contributed by atoms with Gasteiger partial charge in [0.1, 0.15) is 0 Å². The van der Waals surface area contributed by atoms with E-state index in [4.69, 9.17) is 23.2 Å². The maximum absolute atomic E-state index is 6.48. The van der Waals surface area contributed by atoms with Crippen LogP contribution >= 0.6 is 48.0 Å². The molecule has 4 aromatic rings. The van der Waals surface area contributed by atoms with Crippen LogP contribution in [0.4, 0.5) is 0 Å². The van der Waals surface area contributed by atoms with Crippen molar-refractivity contribution in [2.24, 2.45) is 11.3 Å². The Morgan fingerprint density at radius 2 is 1.26 bits per heavy atom. The van der Waals surface area contributed by atoms with E-state index in [1.165, 1.54) is 61.2 Å². The van der Waals surface area contributed by atoms with E-state index in [1.54, 1.807) is 6.56 Å². The molecule has 0 saturated carbocycles. The van der Waals surface area contributed by atoms with Crippen molar-refractivity contribution in [1.82, 2.24) is 0 Å². The first-order chi connectivity index (χ1) is 24.1. The Labute approximate surface area is 343 Å². The Hall–Kier alpha value is -2.38. The third kappa shape index (κ3) is 6.91. The Kier molecular flexibility index (Phi) is 10.9. The summed E-state index contributed by atoms with van der Waals surface area (Å²) in [4.78, 5) is 0. The number of rotatable bonds is 5. The van der Waals surface area contributed by atoms with Crippen LogP contribution in [0.1, 0.15) is 106 Å². The van der Waals surface area contributed by atoms with Gasteiger partial charge in [-0.05, 0) is 0 Å². The fraction of sp³-hybridized carbons (Fsp3) is 0.292. The quantitative estimate of drug-likeness (QED) is 0.165. The fourth-order valence-corrected chi connectivity index (χ4v) is 22.6. The molecule has 0 N–H and O–H groups in total. The van der Waals surface area contributed by atoms with E-state index in [0.717, 1.165) is 22.9 Å². The van der Waals surface area contributed by atoms with Gasteiger partial charge in [-0.1, -0.05) is 0 Å². The molecule has 274 valence electrons. The molecule has 4 aliphatic rings. The SMILES string of the molecule is CCC1C=C(C(C)(C)C)C=[C]1[Zr](=[CH]c1ccc(Cl)cc1)(=[CH]c1ccc(Cl)cc1)[C]1=Cc2cc3c(cc2C1(C)C)Cc1cc2c(cc1-3)C=CC2(C)C.Cl.Cl. The summed E-state index contributed by atoms with van der Waals surface area (Å²) in [7, 11) is 0. The number of fused-ring (bicyclic) bond motifs is 5. The first-order valence-electron chi connectivity index (χ1n) is 18.5. The summed E-state index contributed by atoms with van der Waals surface area (Å²) in [5.41, 5.74) is 15.4. The molecule has 0 nitrogen and oxygen atoms in total. The van der Waals surface area contributed by atoms with Gasteiger partial charge in [-0.3, -0.25) is 0 Å². The molecule has 0 spiro atoms. The van der Waals surface area contributed by atoms with Gasteiger partial charge < -0.3 is 0 Å². The number of halogens is 4. The zero-order chi connectivity index (χ0) is 36.1. The molecule has 4 aliphatic carbocycles. The molecule has 5 heteroatoms. The van der Waals surface area contributed by atoms with Crippen LogP contribution in [0.3, 0.4) is 0 Å². The first kappa shape index (κ1) is 40.3. The topological polar surface area (TPSA) is 0 Å². The Balaban J connectivity index is 0.00000240. The van der Waals surface area contributed by atoms with Gasteiger partial charge in [-0.2, -0.15) is 0 Å². The van der Waals surface area contributed by atoms with Crippen molar-refractivity contribution < 1.29 is 19.3 Å². The van der Waals surface area contributed by atoms with Gasteiger partial charge in [0.2, 0.25) is 0 Å². The standard InChI is InChI=1S/C23H21.C11H17.2C7H5Cl.2ClH.Zr/c1-22(2)7-5-14-10-18-16(12-20(14)22)9-17-13-21-15(11-19(17)18)6-8-23(21,3)4;1-5-9-6-7-10(8-9)11(2,3)4;2*1-6-2-4-7(8)5-3-6;;;/h5-7,10-13H,9H2,1-4H3;7-9H,5H2,1-4H3;2*1-5H;2*1H;. The summed E-state index contributed by atoms with van der Waals surface area (Å²) in [5.74, 6) is 0.388. The van der Waals surface area contributed by atoms with Crippen molar-refractivity contribution in [3.05, 3.63) is 158 Å². The minimum atomic E-state index is -3.94. The molecule has 0 fully saturated rings. The van der Waals surface area contributed by atoms with Crippen LogP contribution in [0.25, 0.3) is 23.3 Å². The van der Waals surface area contributed by atoms with Gasteiger partial charge in [0, 0.05) is 0 Å². The van der Waals surface area contributed by atoms with Crippen molar-refractivity contribution in [2.75, 3.05) is 0 Å². The molecule has 0 saturated heterocycles. The average molecular weight is 860 g/mol. The summed E-state index contributed by atoms with van der Waals surface area (Å²) in [6.45, 7) is 19.1. The van der Waals surface area contributed by atoms with Crippen molar-refractivity contribution in [3.8, 4) is 11.1 Å². The summed E-state index contributed by atoms with van der Waals surface area (Å²) in [5, 5.41) is 1.54. The minimum absolute atomic E-state index is 0. The van der Waals surface area contributed by atoms with E-state index >= 15 is 0 Å². The Morgan fingerprint density at radius 1 is 0.736 bits per heavy atom. The molecular weight excluding hydrogens is 810 g/mol. The zero-order valence-electron chi connectivity index (χ0n) is 32.0. The van der Waals surface area contributed by atoms with E-state index in [2.05, 4.69) is 142 Å². The first-order valence-corrected chi connectivity index (χ1v) is 24.6. The van der Waals surface area contributed by atoms with Crippen molar-refractivity contribution in [3.63, 3.8) is 0 Å². The maximum atomic E-state index is 6.48. The Morgan fingerprint density at radius 3 is 1.79 bits per heavy atom. The van der Waals surface area contributed by atoms with Gasteiger partial charge in [0.25, 0.3) is 0 Å². The second kappa shape index (κ2) is 14.3. The molecule has 1 unspecified atom stereocenters. The third-order valence-electron chi connectivity index (χ3n) is 12.1. The normalized spacial score (nSPS) is 18.2.